The van der Waals surface area contributed by atoms with Gasteiger partial charge in [0, 0.05) is 7.05 Å². The summed E-state index contributed by atoms with van der Waals surface area (Å²) in [4.78, 5) is 15.5. The summed E-state index contributed by atoms with van der Waals surface area (Å²) in [7, 11) is -0.926. The number of nitrogens with zero attached hydrogens (tertiary/aromatic N) is 2. The van der Waals surface area contributed by atoms with E-state index in [0.29, 0.717) is 0 Å². The van der Waals surface area contributed by atoms with Gasteiger partial charge in [-0.2, -0.15) is 0 Å². The topological polar surface area (TPSA) is 88.1 Å². The number of methoxy groups -OCH3 is 1. The average molecular weight is 207 g/mol. The Bertz CT molecular complexity index is 347. The number of carbonyl (C=O) groups excluding carboxylic acids is 1. The molecule has 0 atom stereocenters. The van der Waals surface area contributed by atoms with E-state index in [1.54, 1.807) is 0 Å². The van der Waals surface area contributed by atoms with Crippen molar-refractivity contribution in [2.24, 2.45) is 4.99 Å². The molecule has 0 bridgehead atoms. The molecule has 1 heterocycles. The van der Waals surface area contributed by atoms with Crippen molar-refractivity contribution in [3.63, 3.8) is 0 Å². The molecule has 0 radical (unpaired) electrons. The van der Waals surface area contributed by atoms with Crippen LogP contribution in [-0.4, -0.2) is 45.4 Å². The molecule has 1 aliphatic rings. The number of carbonyl (C=O) groups is 1. The third-order valence-electron chi connectivity index (χ3n) is 1.41. The van der Waals surface area contributed by atoms with Gasteiger partial charge in [-0.15, -0.1) is 0 Å². The molecule has 8 heteroatoms. The largest absolute Gasteiger partial charge is 0.452 e. The predicted molar refractivity (Wildman–Crippen MR) is 44.5 cm³/mol. The summed E-state index contributed by atoms with van der Waals surface area (Å²) in [5, 5.41) is 0. The fourth-order valence-electron chi connectivity index (χ4n) is 0.873. The number of hydrogen-bond acceptors (Lipinski definition) is 5. The van der Waals surface area contributed by atoms with E-state index in [9.17, 15) is 13.2 Å². The molecular weight excluding hydrogens is 198 g/mol. The highest BCUT2D eigenvalue weighted by Gasteiger charge is 2.35. The normalized spacial score (nSPS) is 22.9. The van der Waals surface area contributed by atoms with Crippen molar-refractivity contribution in [1.82, 2.24) is 9.62 Å². The van der Waals surface area contributed by atoms with E-state index < -0.39 is 22.0 Å². The van der Waals surface area contributed by atoms with Gasteiger partial charge in [-0.05, 0) is 0 Å². The quantitative estimate of drug-likeness (QED) is 0.548. The summed E-state index contributed by atoms with van der Waals surface area (Å²) in [6.45, 7) is 0. The Morgan fingerprint density at radius 1 is 1.69 bits per heavy atom. The minimum Gasteiger partial charge on any atom is -0.452 e. The minimum atomic E-state index is -3.47. The van der Waals surface area contributed by atoms with Crippen molar-refractivity contribution in [3.05, 3.63) is 0 Å². The van der Waals surface area contributed by atoms with Crippen molar-refractivity contribution in [2.45, 2.75) is 0 Å². The summed E-state index contributed by atoms with van der Waals surface area (Å²) in [5.74, 6) is -0.473. The Kier molecular flexibility index (Phi) is 2.41. The smallest absolute Gasteiger partial charge is 0.417 e. The molecule has 74 valence electrons. The lowest BCUT2D eigenvalue weighted by Crippen LogP contribution is -2.35. The molecule has 0 aromatic rings. The molecule has 0 aliphatic carbocycles. The molecule has 0 aromatic carbocycles. The van der Waals surface area contributed by atoms with Gasteiger partial charge in [0.05, 0.1) is 7.11 Å². The first-order chi connectivity index (χ1) is 6.00. The highest BCUT2D eigenvalue weighted by atomic mass is 32.2. The number of guanidine groups is 1. The van der Waals surface area contributed by atoms with Crippen LogP contribution in [0, 0.1) is 0 Å². The zero-order valence-corrected chi connectivity index (χ0v) is 7.96. The van der Waals surface area contributed by atoms with Crippen LogP contribution in [0.5, 0.6) is 0 Å². The third-order valence-corrected chi connectivity index (χ3v) is 2.50. The SMILES string of the molecule is CN=C1NS(=O)(=O)CN1C(=O)OC. The summed E-state index contributed by atoms with van der Waals surface area (Å²) in [5.41, 5.74) is 0. The maximum atomic E-state index is 11.0. The second-order valence-electron chi connectivity index (χ2n) is 2.29. The van der Waals surface area contributed by atoms with Gasteiger partial charge in [0.25, 0.3) is 10.0 Å². The average Bonchev–Trinajstić information content (AvgIpc) is 2.39. The fraction of sp³-hybridized carbons (Fsp3) is 0.600. The summed E-state index contributed by atoms with van der Waals surface area (Å²) >= 11 is 0. The zero-order chi connectivity index (χ0) is 10.1. The van der Waals surface area contributed by atoms with Crippen LogP contribution in [0.3, 0.4) is 0 Å². The van der Waals surface area contributed by atoms with Gasteiger partial charge in [0.2, 0.25) is 5.96 Å². The maximum absolute atomic E-state index is 11.0. The lowest BCUT2D eigenvalue weighted by Gasteiger charge is -2.10. The summed E-state index contributed by atoms with van der Waals surface area (Å²) in [6.07, 6.45) is -0.755. The Hall–Kier alpha value is -1.31. The summed E-state index contributed by atoms with van der Waals surface area (Å²) in [6, 6.07) is 0. The Balaban J connectivity index is 2.94. The molecule has 1 amide bonds. The molecule has 0 spiro atoms. The molecule has 1 N–H and O–H groups in total. The Morgan fingerprint density at radius 3 is 2.77 bits per heavy atom. The monoisotopic (exact) mass is 207 g/mol. The molecule has 1 fully saturated rings. The second-order valence-corrected chi connectivity index (χ2v) is 3.98. The number of hydrogen-bond donors (Lipinski definition) is 1. The fourth-order valence-corrected chi connectivity index (χ4v) is 1.99. The van der Waals surface area contributed by atoms with Gasteiger partial charge < -0.3 is 4.74 Å². The minimum absolute atomic E-state index is 0.0214. The molecule has 1 saturated heterocycles. The number of amides is 1. The van der Waals surface area contributed by atoms with Crippen LogP contribution < -0.4 is 4.72 Å². The van der Waals surface area contributed by atoms with Crippen molar-refractivity contribution < 1.29 is 17.9 Å². The standard InChI is InChI=1S/C5H9N3O4S/c1-6-4-7-13(10,11)3-8(4)5(9)12-2/h3H2,1-2H3,(H,6,7). The Labute approximate surface area is 75.4 Å². The first-order valence-electron chi connectivity index (χ1n) is 3.33. The van der Waals surface area contributed by atoms with E-state index in [2.05, 4.69) is 14.5 Å². The lowest BCUT2D eigenvalue weighted by molar-refractivity contribution is 0.150. The molecule has 7 nitrogen and oxygen atoms in total. The lowest BCUT2D eigenvalue weighted by atomic mass is 10.8. The molecule has 0 saturated carbocycles. The highest BCUT2D eigenvalue weighted by Crippen LogP contribution is 2.06. The van der Waals surface area contributed by atoms with E-state index in [-0.39, 0.29) is 5.96 Å². The molecule has 0 unspecified atom stereocenters. The highest BCUT2D eigenvalue weighted by molar-refractivity contribution is 7.90. The van der Waals surface area contributed by atoms with Crippen LogP contribution in [-0.2, 0) is 14.8 Å². The van der Waals surface area contributed by atoms with Crippen molar-refractivity contribution >= 4 is 22.1 Å². The third kappa shape index (κ3) is 1.89. The van der Waals surface area contributed by atoms with Gasteiger partial charge in [0.1, 0.15) is 0 Å². The Morgan fingerprint density at radius 2 is 2.31 bits per heavy atom. The van der Waals surface area contributed by atoms with E-state index in [1.165, 1.54) is 14.2 Å². The zero-order valence-electron chi connectivity index (χ0n) is 7.14. The first-order valence-corrected chi connectivity index (χ1v) is 4.98. The number of aliphatic imine (C=N–C) groups is 1. The van der Waals surface area contributed by atoms with E-state index >= 15 is 0 Å². The van der Waals surface area contributed by atoms with Crippen LogP contribution >= 0.6 is 0 Å². The number of rotatable bonds is 0. The van der Waals surface area contributed by atoms with Crippen molar-refractivity contribution in [3.8, 4) is 0 Å². The van der Waals surface area contributed by atoms with Crippen LogP contribution in [0.25, 0.3) is 0 Å². The maximum Gasteiger partial charge on any atom is 0.417 e. The van der Waals surface area contributed by atoms with Crippen molar-refractivity contribution in [2.75, 3.05) is 20.0 Å². The molecule has 1 rings (SSSR count). The molecule has 13 heavy (non-hydrogen) atoms. The van der Waals surface area contributed by atoms with Crippen LogP contribution in [0.15, 0.2) is 4.99 Å². The number of sulfonamides is 1. The van der Waals surface area contributed by atoms with Crippen LogP contribution in [0.1, 0.15) is 0 Å². The van der Waals surface area contributed by atoms with Gasteiger partial charge in [-0.25, -0.2) is 18.1 Å². The second kappa shape index (κ2) is 3.21. The van der Waals surface area contributed by atoms with E-state index in [0.717, 1.165) is 4.90 Å². The van der Waals surface area contributed by atoms with Gasteiger partial charge in [-0.1, -0.05) is 0 Å². The van der Waals surface area contributed by atoms with Gasteiger partial charge >= 0.3 is 6.09 Å². The van der Waals surface area contributed by atoms with E-state index in [1.807, 2.05) is 0 Å². The van der Waals surface area contributed by atoms with Gasteiger partial charge in [-0.3, -0.25) is 9.71 Å². The predicted octanol–water partition coefficient (Wildman–Crippen LogP) is -1.07. The summed E-state index contributed by atoms with van der Waals surface area (Å²) < 4.78 is 28.4. The molecular formula is C5H9N3O4S. The number of ether oxygens (including phenoxy) is 1. The van der Waals surface area contributed by atoms with Crippen LogP contribution in [0.2, 0.25) is 0 Å². The van der Waals surface area contributed by atoms with E-state index in [4.69, 9.17) is 0 Å². The molecule has 0 aromatic heterocycles. The first kappa shape index (κ1) is 9.78. The number of nitrogens with one attached hydrogen (secondary N) is 1. The van der Waals surface area contributed by atoms with Crippen molar-refractivity contribution in [1.29, 1.82) is 0 Å². The van der Waals surface area contributed by atoms with Gasteiger partial charge in [0.15, 0.2) is 5.88 Å². The molecule has 1 aliphatic heterocycles. The van der Waals surface area contributed by atoms with Crippen LogP contribution in [0.4, 0.5) is 4.79 Å².